The molecule has 0 fully saturated rings. The van der Waals surface area contributed by atoms with Crippen LogP contribution < -0.4 is 0 Å². The lowest BCUT2D eigenvalue weighted by Gasteiger charge is -2.09. The summed E-state index contributed by atoms with van der Waals surface area (Å²) in [5.41, 5.74) is 0. The lowest BCUT2D eigenvalue weighted by Crippen LogP contribution is -2.05. The monoisotopic (exact) mass is 237 g/mol. The van der Waals surface area contributed by atoms with Crippen LogP contribution in [0.1, 0.15) is 63.8 Å². The highest BCUT2D eigenvalue weighted by molar-refractivity contribution is 4.96. The standard InChI is InChI=1S/C12H19N3O2/c1-4-10(16-5-2)11-14-12(17-15-11)9(3)7-6-8-13/h9-10H,4-7H2,1-3H3. The van der Waals surface area contributed by atoms with E-state index >= 15 is 0 Å². The number of hydrogen-bond donors (Lipinski definition) is 0. The molecule has 5 heteroatoms. The maximum Gasteiger partial charge on any atom is 0.229 e. The number of nitrogens with zero attached hydrogens (tertiary/aromatic N) is 3. The number of ether oxygens (including phenoxy) is 1. The Kier molecular flexibility index (Phi) is 5.64. The normalized spacial score (nSPS) is 14.2. The fraction of sp³-hybridized carbons (Fsp3) is 0.750. The van der Waals surface area contributed by atoms with E-state index in [1.807, 2.05) is 20.8 Å². The fourth-order valence-corrected chi connectivity index (χ4v) is 1.56. The van der Waals surface area contributed by atoms with Gasteiger partial charge in [-0.05, 0) is 19.8 Å². The van der Waals surface area contributed by atoms with Gasteiger partial charge in [-0.2, -0.15) is 10.2 Å². The van der Waals surface area contributed by atoms with Crippen LogP contribution >= 0.6 is 0 Å². The first-order valence-electron chi connectivity index (χ1n) is 6.04. The predicted molar refractivity (Wildman–Crippen MR) is 62.2 cm³/mol. The average molecular weight is 237 g/mol. The van der Waals surface area contributed by atoms with Gasteiger partial charge in [0, 0.05) is 18.9 Å². The predicted octanol–water partition coefficient (Wildman–Crippen LogP) is 2.96. The van der Waals surface area contributed by atoms with Gasteiger partial charge in [0.1, 0.15) is 6.10 Å². The van der Waals surface area contributed by atoms with Crippen LogP contribution in [0, 0.1) is 11.3 Å². The largest absolute Gasteiger partial charge is 0.370 e. The number of rotatable bonds is 7. The molecule has 0 aromatic carbocycles. The third-order valence-corrected chi connectivity index (χ3v) is 2.59. The molecule has 0 spiro atoms. The first kappa shape index (κ1) is 13.7. The topological polar surface area (TPSA) is 71.9 Å². The molecular formula is C12H19N3O2. The zero-order valence-corrected chi connectivity index (χ0v) is 10.6. The molecule has 2 unspecified atom stereocenters. The fourth-order valence-electron chi connectivity index (χ4n) is 1.56. The summed E-state index contributed by atoms with van der Waals surface area (Å²) in [6.45, 7) is 6.58. The van der Waals surface area contributed by atoms with Crippen LogP contribution in [0.2, 0.25) is 0 Å². The van der Waals surface area contributed by atoms with E-state index in [1.165, 1.54) is 0 Å². The highest BCUT2D eigenvalue weighted by atomic mass is 16.5. The van der Waals surface area contributed by atoms with Crippen molar-refractivity contribution in [3.05, 3.63) is 11.7 Å². The van der Waals surface area contributed by atoms with Crippen LogP contribution in [0.4, 0.5) is 0 Å². The minimum absolute atomic E-state index is 0.0966. The molecule has 1 rings (SSSR count). The van der Waals surface area contributed by atoms with Gasteiger partial charge in [-0.25, -0.2) is 0 Å². The van der Waals surface area contributed by atoms with Crippen LogP contribution in [0.5, 0.6) is 0 Å². The molecule has 0 saturated heterocycles. The molecule has 0 aliphatic rings. The van der Waals surface area contributed by atoms with E-state index in [0.717, 1.165) is 12.8 Å². The number of hydrogen-bond acceptors (Lipinski definition) is 5. The summed E-state index contributed by atoms with van der Waals surface area (Å²) in [5, 5.41) is 12.5. The number of nitriles is 1. The lowest BCUT2D eigenvalue weighted by molar-refractivity contribution is 0.0518. The lowest BCUT2D eigenvalue weighted by atomic mass is 10.1. The highest BCUT2D eigenvalue weighted by Gasteiger charge is 2.19. The summed E-state index contributed by atoms with van der Waals surface area (Å²) in [5.74, 6) is 1.32. The van der Waals surface area contributed by atoms with E-state index in [-0.39, 0.29) is 12.0 Å². The first-order chi connectivity index (χ1) is 8.22. The van der Waals surface area contributed by atoms with Crippen molar-refractivity contribution >= 4 is 0 Å². The molecule has 1 aromatic rings. The van der Waals surface area contributed by atoms with Crippen LogP contribution in [-0.2, 0) is 4.74 Å². The SMILES string of the molecule is CCOC(CC)c1noc(C(C)CCC#N)n1. The van der Waals surface area contributed by atoms with E-state index in [2.05, 4.69) is 16.2 Å². The molecule has 1 heterocycles. The Morgan fingerprint density at radius 1 is 1.47 bits per heavy atom. The minimum atomic E-state index is -0.0966. The van der Waals surface area contributed by atoms with Crippen molar-refractivity contribution in [1.29, 1.82) is 5.26 Å². The molecular weight excluding hydrogens is 218 g/mol. The average Bonchev–Trinajstić information content (AvgIpc) is 2.82. The van der Waals surface area contributed by atoms with E-state index in [1.54, 1.807) is 0 Å². The van der Waals surface area contributed by atoms with Gasteiger partial charge >= 0.3 is 0 Å². The van der Waals surface area contributed by atoms with Gasteiger partial charge in [0.15, 0.2) is 0 Å². The zero-order valence-electron chi connectivity index (χ0n) is 10.6. The Labute approximate surface area is 102 Å². The highest BCUT2D eigenvalue weighted by Crippen LogP contribution is 2.23. The molecule has 0 amide bonds. The van der Waals surface area contributed by atoms with E-state index in [9.17, 15) is 0 Å². The van der Waals surface area contributed by atoms with Gasteiger partial charge in [0.05, 0.1) is 6.07 Å². The minimum Gasteiger partial charge on any atom is -0.370 e. The molecule has 0 aliphatic carbocycles. The molecule has 5 nitrogen and oxygen atoms in total. The molecule has 0 radical (unpaired) electrons. The summed E-state index contributed by atoms with van der Waals surface area (Å²) in [4.78, 5) is 4.34. The molecule has 1 aromatic heterocycles. The van der Waals surface area contributed by atoms with Gasteiger partial charge in [-0.1, -0.05) is 19.0 Å². The molecule has 17 heavy (non-hydrogen) atoms. The van der Waals surface area contributed by atoms with Crippen molar-refractivity contribution in [3.8, 4) is 6.07 Å². The first-order valence-corrected chi connectivity index (χ1v) is 6.04. The van der Waals surface area contributed by atoms with Gasteiger partial charge in [0.25, 0.3) is 0 Å². The Balaban J connectivity index is 2.66. The molecule has 0 saturated carbocycles. The Hall–Kier alpha value is -1.41. The van der Waals surface area contributed by atoms with Crippen molar-refractivity contribution in [1.82, 2.24) is 10.1 Å². The summed E-state index contributed by atoms with van der Waals surface area (Å²) >= 11 is 0. The van der Waals surface area contributed by atoms with Crippen LogP contribution in [0.3, 0.4) is 0 Å². The van der Waals surface area contributed by atoms with E-state index < -0.39 is 0 Å². The van der Waals surface area contributed by atoms with Crippen molar-refractivity contribution in [2.75, 3.05) is 6.61 Å². The second kappa shape index (κ2) is 7.02. The van der Waals surface area contributed by atoms with E-state index in [4.69, 9.17) is 14.5 Å². The van der Waals surface area contributed by atoms with Gasteiger partial charge in [-0.15, -0.1) is 0 Å². The summed E-state index contributed by atoms with van der Waals surface area (Å²) in [6, 6.07) is 2.11. The molecule has 0 aliphatic heterocycles. The van der Waals surface area contributed by atoms with Gasteiger partial charge in [0.2, 0.25) is 11.7 Å². The summed E-state index contributed by atoms with van der Waals surface area (Å²) < 4.78 is 10.7. The van der Waals surface area contributed by atoms with Crippen LogP contribution in [0.15, 0.2) is 4.52 Å². The maximum atomic E-state index is 8.53. The quantitative estimate of drug-likeness (QED) is 0.729. The van der Waals surface area contributed by atoms with Crippen molar-refractivity contribution in [2.45, 2.75) is 52.1 Å². The second-order valence-corrected chi connectivity index (χ2v) is 3.94. The van der Waals surface area contributed by atoms with Crippen molar-refractivity contribution in [3.63, 3.8) is 0 Å². The second-order valence-electron chi connectivity index (χ2n) is 3.94. The Morgan fingerprint density at radius 2 is 2.24 bits per heavy atom. The zero-order chi connectivity index (χ0) is 12.7. The van der Waals surface area contributed by atoms with Crippen molar-refractivity contribution in [2.24, 2.45) is 0 Å². The number of aromatic nitrogens is 2. The van der Waals surface area contributed by atoms with E-state index in [0.29, 0.717) is 24.7 Å². The molecule has 2 atom stereocenters. The molecule has 94 valence electrons. The molecule has 0 bridgehead atoms. The summed E-state index contributed by atoms with van der Waals surface area (Å²) in [7, 11) is 0. The third kappa shape index (κ3) is 3.82. The Morgan fingerprint density at radius 3 is 2.82 bits per heavy atom. The maximum absolute atomic E-state index is 8.53. The summed E-state index contributed by atoms with van der Waals surface area (Å²) in [6.07, 6.45) is 1.96. The van der Waals surface area contributed by atoms with Crippen molar-refractivity contribution < 1.29 is 9.26 Å². The van der Waals surface area contributed by atoms with Gasteiger partial charge in [-0.3, -0.25) is 0 Å². The van der Waals surface area contributed by atoms with Crippen LogP contribution in [-0.4, -0.2) is 16.7 Å². The Bertz CT molecular complexity index is 370. The van der Waals surface area contributed by atoms with Crippen LogP contribution in [0.25, 0.3) is 0 Å². The third-order valence-electron chi connectivity index (χ3n) is 2.59. The van der Waals surface area contributed by atoms with Gasteiger partial charge < -0.3 is 9.26 Å². The molecule has 0 N–H and O–H groups in total. The smallest absolute Gasteiger partial charge is 0.229 e.